The van der Waals surface area contributed by atoms with Crippen LogP contribution in [0.1, 0.15) is 30.1 Å². The Kier molecular flexibility index (Phi) is 8.39. The van der Waals surface area contributed by atoms with Crippen LogP contribution < -0.4 is 10.5 Å². The van der Waals surface area contributed by atoms with Crippen molar-refractivity contribution in [2.24, 2.45) is 5.73 Å². The van der Waals surface area contributed by atoms with Crippen molar-refractivity contribution in [2.45, 2.75) is 24.8 Å². The Hall–Kier alpha value is -1.16. The van der Waals surface area contributed by atoms with Crippen LogP contribution >= 0.6 is 12.4 Å². The predicted molar refractivity (Wildman–Crippen MR) is 75.3 cm³/mol. The van der Waals surface area contributed by atoms with Crippen LogP contribution in [0.5, 0.6) is 0 Å². The first-order valence-electron chi connectivity index (χ1n) is 5.93. The quantitative estimate of drug-likeness (QED) is 0.456. The van der Waals surface area contributed by atoms with Gasteiger partial charge in [0.05, 0.1) is 12.8 Å². The summed E-state index contributed by atoms with van der Waals surface area (Å²) in [6.07, 6.45) is 2.47. The van der Waals surface area contributed by atoms with Crippen molar-refractivity contribution in [3.05, 3.63) is 11.8 Å². The number of esters is 1. The number of carbonyl (C=O) groups excluding carboxylic acids is 1. The minimum absolute atomic E-state index is 0. The SMILES string of the molecule is CCOC(=O)c1cn[nH]c1S(=O)(=O)NCCCCN.Cl. The summed E-state index contributed by atoms with van der Waals surface area (Å²) in [5.74, 6) is -0.724. The molecule has 4 N–H and O–H groups in total. The molecule has 0 saturated carbocycles. The molecule has 8 nitrogen and oxygen atoms in total. The first-order chi connectivity index (χ1) is 9.03. The number of nitrogens with zero attached hydrogens (tertiary/aromatic N) is 1. The molecule has 0 aliphatic heterocycles. The van der Waals surface area contributed by atoms with Crippen LogP contribution in [0.3, 0.4) is 0 Å². The van der Waals surface area contributed by atoms with Gasteiger partial charge >= 0.3 is 5.97 Å². The monoisotopic (exact) mass is 326 g/mol. The number of hydrogen-bond acceptors (Lipinski definition) is 6. The number of sulfonamides is 1. The van der Waals surface area contributed by atoms with Gasteiger partial charge in [0.15, 0.2) is 5.03 Å². The molecule has 1 aromatic heterocycles. The third-order valence-corrected chi connectivity index (χ3v) is 3.72. The van der Waals surface area contributed by atoms with E-state index >= 15 is 0 Å². The van der Waals surface area contributed by atoms with E-state index in [4.69, 9.17) is 10.5 Å². The Morgan fingerprint density at radius 2 is 2.20 bits per heavy atom. The summed E-state index contributed by atoms with van der Waals surface area (Å²) in [5, 5.41) is 5.59. The van der Waals surface area contributed by atoms with Crippen LogP contribution in [0.4, 0.5) is 0 Å². The van der Waals surface area contributed by atoms with Crippen molar-refractivity contribution >= 4 is 28.4 Å². The molecule has 0 fully saturated rings. The van der Waals surface area contributed by atoms with Crippen LogP contribution in [0.15, 0.2) is 11.2 Å². The summed E-state index contributed by atoms with van der Waals surface area (Å²) >= 11 is 0. The molecule has 0 unspecified atom stereocenters. The largest absolute Gasteiger partial charge is 0.462 e. The highest BCUT2D eigenvalue weighted by Gasteiger charge is 2.25. The van der Waals surface area contributed by atoms with Crippen LogP contribution in [-0.4, -0.2) is 44.3 Å². The van der Waals surface area contributed by atoms with Gasteiger partial charge in [-0.2, -0.15) is 5.10 Å². The lowest BCUT2D eigenvalue weighted by Gasteiger charge is -2.06. The second kappa shape index (κ2) is 8.90. The molecule has 0 spiro atoms. The van der Waals surface area contributed by atoms with E-state index in [2.05, 4.69) is 14.9 Å². The standard InChI is InChI=1S/C10H18N4O4S.ClH/c1-2-18-10(15)8-7-12-14-9(8)19(16,17)13-6-4-3-5-11;/h7,13H,2-6,11H2,1H3,(H,12,14);1H. The number of carbonyl (C=O) groups is 1. The maximum Gasteiger partial charge on any atom is 0.342 e. The number of nitrogens with one attached hydrogen (secondary N) is 2. The van der Waals surface area contributed by atoms with Gasteiger partial charge in [-0.05, 0) is 26.3 Å². The smallest absolute Gasteiger partial charge is 0.342 e. The van der Waals surface area contributed by atoms with Crippen LogP contribution in [-0.2, 0) is 14.8 Å². The van der Waals surface area contributed by atoms with E-state index in [0.29, 0.717) is 13.0 Å². The molecular weight excluding hydrogens is 308 g/mol. The van der Waals surface area contributed by atoms with Crippen LogP contribution in [0.2, 0.25) is 0 Å². The molecule has 1 heterocycles. The van der Waals surface area contributed by atoms with Crippen LogP contribution in [0, 0.1) is 0 Å². The Morgan fingerprint density at radius 1 is 1.50 bits per heavy atom. The van der Waals surface area contributed by atoms with Crippen molar-refractivity contribution in [1.82, 2.24) is 14.9 Å². The third-order valence-electron chi connectivity index (χ3n) is 2.29. The summed E-state index contributed by atoms with van der Waals surface area (Å²) in [4.78, 5) is 11.6. The second-order valence-corrected chi connectivity index (χ2v) is 5.43. The fourth-order valence-corrected chi connectivity index (χ4v) is 2.54. The zero-order valence-electron chi connectivity index (χ0n) is 11.1. The van der Waals surface area contributed by atoms with E-state index in [9.17, 15) is 13.2 Å². The molecule has 0 aliphatic carbocycles. The first kappa shape index (κ1) is 18.8. The summed E-state index contributed by atoms with van der Waals surface area (Å²) in [5.41, 5.74) is 5.21. The van der Waals surface area contributed by atoms with Gasteiger partial charge in [0.2, 0.25) is 0 Å². The van der Waals surface area contributed by atoms with Crippen molar-refractivity contribution in [2.75, 3.05) is 19.7 Å². The lowest BCUT2D eigenvalue weighted by Crippen LogP contribution is -2.27. The molecule has 0 aromatic carbocycles. The molecule has 0 radical (unpaired) electrons. The molecule has 0 amide bonds. The Labute approximate surface area is 123 Å². The van der Waals surface area contributed by atoms with Gasteiger partial charge in [-0.3, -0.25) is 5.10 Å². The number of hydrogen-bond donors (Lipinski definition) is 3. The summed E-state index contributed by atoms with van der Waals surface area (Å²) in [6, 6.07) is 0. The molecule has 10 heteroatoms. The first-order valence-corrected chi connectivity index (χ1v) is 7.41. The van der Waals surface area contributed by atoms with E-state index in [1.54, 1.807) is 6.92 Å². The fraction of sp³-hybridized carbons (Fsp3) is 0.600. The van der Waals surface area contributed by atoms with Gasteiger partial charge in [0.25, 0.3) is 10.0 Å². The average molecular weight is 327 g/mol. The fourth-order valence-electron chi connectivity index (χ4n) is 1.38. The molecule has 0 aliphatic rings. The lowest BCUT2D eigenvalue weighted by atomic mass is 10.3. The Morgan fingerprint density at radius 3 is 2.80 bits per heavy atom. The van der Waals surface area contributed by atoms with E-state index in [1.807, 2.05) is 0 Å². The highest BCUT2D eigenvalue weighted by molar-refractivity contribution is 7.89. The summed E-state index contributed by atoms with van der Waals surface area (Å²) in [7, 11) is -3.80. The van der Waals surface area contributed by atoms with Gasteiger partial charge in [0.1, 0.15) is 5.56 Å². The van der Waals surface area contributed by atoms with Gasteiger partial charge in [-0.15, -0.1) is 12.4 Å². The van der Waals surface area contributed by atoms with E-state index in [0.717, 1.165) is 12.6 Å². The molecule has 0 atom stereocenters. The van der Waals surface area contributed by atoms with E-state index < -0.39 is 16.0 Å². The number of unbranched alkanes of at least 4 members (excludes halogenated alkanes) is 1. The van der Waals surface area contributed by atoms with Gasteiger partial charge in [-0.25, -0.2) is 17.9 Å². The van der Waals surface area contributed by atoms with E-state index in [-0.39, 0.29) is 36.1 Å². The molecule has 1 rings (SSSR count). The van der Waals surface area contributed by atoms with Crippen LogP contribution in [0.25, 0.3) is 0 Å². The maximum absolute atomic E-state index is 12.0. The topological polar surface area (TPSA) is 127 Å². The predicted octanol–water partition coefficient (Wildman–Crippen LogP) is 0.0254. The number of H-pyrrole nitrogens is 1. The minimum atomic E-state index is -3.80. The zero-order chi connectivity index (χ0) is 14.3. The van der Waals surface area contributed by atoms with Gasteiger partial charge < -0.3 is 10.5 Å². The minimum Gasteiger partial charge on any atom is -0.462 e. The molecule has 0 bridgehead atoms. The number of nitrogens with two attached hydrogens (primary N) is 1. The summed E-state index contributed by atoms with van der Waals surface area (Å²) in [6.45, 7) is 2.55. The summed E-state index contributed by atoms with van der Waals surface area (Å²) < 4.78 is 31.1. The highest BCUT2D eigenvalue weighted by Crippen LogP contribution is 2.13. The number of ether oxygens (including phenoxy) is 1. The van der Waals surface area contributed by atoms with E-state index in [1.165, 1.54) is 0 Å². The van der Waals surface area contributed by atoms with Crippen molar-refractivity contribution in [1.29, 1.82) is 0 Å². The molecule has 1 aromatic rings. The number of halogens is 1. The van der Waals surface area contributed by atoms with Crippen molar-refractivity contribution in [3.63, 3.8) is 0 Å². The number of aromatic amines is 1. The zero-order valence-corrected chi connectivity index (χ0v) is 12.7. The van der Waals surface area contributed by atoms with Gasteiger partial charge in [0, 0.05) is 6.54 Å². The normalized spacial score (nSPS) is 10.9. The Balaban J connectivity index is 0.00000361. The lowest BCUT2D eigenvalue weighted by molar-refractivity contribution is 0.0522. The average Bonchev–Trinajstić information content (AvgIpc) is 2.85. The molecule has 116 valence electrons. The molecule has 20 heavy (non-hydrogen) atoms. The third kappa shape index (κ3) is 5.08. The number of rotatable bonds is 8. The van der Waals surface area contributed by atoms with Crippen molar-refractivity contribution < 1.29 is 17.9 Å². The number of aromatic nitrogens is 2. The van der Waals surface area contributed by atoms with Gasteiger partial charge in [-0.1, -0.05) is 0 Å². The second-order valence-electron chi connectivity index (χ2n) is 3.73. The highest BCUT2D eigenvalue weighted by atomic mass is 35.5. The van der Waals surface area contributed by atoms with Crippen molar-refractivity contribution in [3.8, 4) is 0 Å². The molecular formula is C10H19ClN4O4S. The molecule has 0 saturated heterocycles. The Bertz CT molecular complexity index is 517. The maximum atomic E-state index is 12.0.